The van der Waals surface area contributed by atoms with Gasteiger partial charge in [0.2, 0.25) is 0 Å². The summed E-state index contributed by atoms with van der Waals surface area (Å²) in [4.78, 5) is 17.6. The third-order valence-electron chi connectivity index (χ3n) is 4.67. The van der Waals surface area contributed by atoms with E-state index >= 15 is 0 Å². The van der Waals surface area contributed by atoms with Crippen molar-refractivity contribution in [1.82, 2.24) is 9.55 Å². The molecule has 0 unspecified atom stereocenters. The van der Waals surface area contributed by atoms with Gasteiger partial charge in [-0.2, -0.15) is 0 Å². The number of aromatic nitrogens is 2. The number of rotatable bonds is 5. The van der Waals surface area contributed by atoms with E-state index in [4.69, 9.17) is 4.74 Å². The van der Waals surface area contributed by atoms with Gasteiger partial charge in [-0.25, -0.2) is 4.98 Å². The van der Waals surface area contributed by atoms with Gasteiger partial charge in [0.05, 0.1) is 9.58 Å². The lowest BCUT2D eigenvalue weighted by Crippen LogP contribution is -2.10. The highest BCUT2D eigenvalue weighted by atomic mass is 32.1. The second kappa shape index (κ2) is 7.35. The standard InChI is InChI=1S/C22H17N3O2S2/c1-25-11-10-23-20(25)13-27-15-8-6-14(7-9-15)24-22(26)19-12-18-21(29-19)16-4-2-3-5-17(16)28-18/h2-12H,13H2,1H3,(H,24,26). The molecule has 0 saturated carbocycles. The van der Waals surface area contributed by atoms with Crippen LogP contribution in [0.1, 0.15) is 15.5 Å². The summed E-state index contributed by atoms with van der Waals surface area (Å²) in [5.74, 6) is 1.49. The Bertz CT molecular complexity index is 1320. The molecule has 0 aliphatic rings. The fourth-order valence-corrected chi connectivity index (χ4v) is 5.54. The Hall–Kier alpha value is -3.16. The van der Waals surface area contributed by atoms with E-state index in [0.29, 0.717) is 11.5 Å². The van der Waals surface area contributed by atoms with E-state index in [1.54, 1.807) is 17.5 Å². The average molecular weight is 420 g/mol. The SMILES string of the molecule is Cn1ccnc1COc1ccc(NC(=O)c2cc3sc4ccccc4c3s2)cc1. The summed E-state index contributed by atoms with van der Waals surface area (Å²) in [6.07, 6.45) is 3.63. The first-order valence-corrected chi connectivity index (χ1v) is 10.7. The molecule has 29 heavy (non-hydrogen) atoms. The van der Waals surface area contributed by atoms with Gasteiger partial charge < -0.3 is 14.6 Å². The van der Waals surface area contributed by atoms with Crippen LogP contribution in [-0.4, -0.2) is 15.5 Å². The molecule has 1 amide bonds. The van der Waals surface area contributed by atoms with Gasteiger partial charge in [0, 0.05) is 39.9 Å². The quantitative estimate of drug-likeness (QED) is 0.399. The Morgan fingerprint density at radius 1 is 1.10 bits per heavy atom. The Labute approximate surface area is 175 Å². The van der Waals surface area contributed by atoms with Gasteiger partial charge in [0.15, 0.2) is 0 Å². The molecule has 0 radical (unpaired) electrons. The summed E-state index contributed by atoms with van der Waals surface area (Å²) in [6, 6.07) is 17.7. The number of carbonyl (C=O) groups excluding carboxylic acids is 1. The van der Waals surface area contributed by atoms with Gasteiger partial charge in [0.1, 0.15) is 18.2 Å². The first-order valence-electron chi connectivity index (χ1n) is 9.09. The minimum absolute atomic E-state index is 0.0934. The number of aryl methyl sites for hydroxylation is 1. The smallest absolute Gasteiger partial charge is 0.265 e. The number of thiophene rings is 2. The third kappa shape index (κ3) is 3.50. The van der Waals surface area contributed by atoms with Crippen LogP contribution in [-0.2, 0) is 13.7 Å². The van der Waals surface area contributed by atoms with E-state index in [0.717, 1.165) is 22.0 Å². The lowest BCUT2D eigenvalue weighted by molar-refractivity contribution is 0.103. The van der Waals surface area contributed by atoms with Gasteiger partial charge >= 0.3 is 0 Å². The van der Waals surface area contributed by atoms with E-state index in [-0.39, 0.29) is 5.91 Å². The lowest BCUT2D eigenvalue weighted by atomic mass is 10.2. The molecule has 0 aliphatic heterocycles. The number of amides is 1. The maximum Gasteiger partial charge on any atom is 0.265 e. The van der Waals surface area contributed by atoms with Crippen molar-refractivity contribution in [2.75, 3.05) is 5.32 Å². The van der Waals surface area contributed by atoms with Crippen molar-refractivity contribution in [2.24, 2.45) is 7.05 Å². The summed E-state index contributed by atoms with van der Waals surface area (Å²) in [7, 11) is 1.93. The molecule has 5 nitrogen and oxygen atoms in total. The number of hydrogen-bond donors (Lipinski definition) is 1. The van der Waals surface area contributed by atoms with Gasteiger partial charge in [-0.05, 0) is 36.4 Å². The molecule has 0 bridgehead atoms. The number of nitrogens with one attached hydrogen (secondary N) is 1. The van der Waals surface area contributed by atoms with Crippen LogP contribution in [0, 0.1) is 0 Å². The monoisotopic (exact) mass is 419 g/mol. The number of fused-ring (bicyclic) bond motifs is 3. The van der Waals surface area contributed by atoms with Crippen molar-refractivity contribution in [3.05, 3.63) is 77.7 Å². The maximum atomic E-state index is 12.7. The minimum Gasteiger partial charge on any atom is -0.486 e. The fraction of sp³-hybridized carbons (Fsp3) is 0.0909. The predicted molar refractivity (Wildman–Crippen MR) is 119 cm³/mol. The van der Waals surface area contributed by atoms with Gasteiger partial charge in [-0.1, -0.05) is 18.2 Å². The van der Waals surface area contributed by atoms with Crippen LogP contribution < -0.4 is 10.1 Å². The number of ether oxygens (including phenoxy) is 1. The normalized spacial score (nSPS) is 11.2. The van der Waals surface area contributed by atoms with Crippen molar-refractivity contribution >= 4 is 53.8 Å². The molecule has 5 aromatic rings. The van der Waals surface area contributed by atoms with Gasteiger partial charge in [-0.3, -0.25) is 4.79 Å². The van der Waals surface area contributed by atoms with Crippen LogP contribution in [0.3, 0.4) is 0 Å². The molecule has 1 N–H and O–H groups in total. The summed E-state index contributed by atoms with van der Waals surface area (Å²) < 4.78 is 11.3. The van der Waals surface area contributed by atoms with Gasteiger partial charge in [0.25, 0.3) is 5.91 Å². The second-order valence-electron chi connectivity index (χ2n) is 6.62. The average Bonchev–Trinajstić information content (AvgIpc) is 3.42. The number of imidazole rings is 1. The van der Waals surface area contributed by atoms with Crippen molar-refractivity contribution in [3.8, 4) is 5.75 Å². The van der Waals surface area contributed by atoms with Crippen molar-refractivity contribution in [1.29, 1.82) is 0 Å². The first-order chi connectivity index (χ1) is 14.2. The number of hydrogen-bond acceptors (Lipinski definition) is 5. The molecule has 5 rings (SSSR count). The highest BCUT2D eigenvalue weighted by Gasteiger charge is 2.14. The third-order valence-corrected chi connectivity index (χ3v) is 7.09. The molecular weight excluding hydrogens is 402 g/mol. The molecule has 3 heterocycles. The van der Waals surface area contributed by atoms with Crippen molar-refractivity contribution < 1.29 is 9.53 Å². The van der Waals surface area contributed by atoms with Crippen LogP contribution in [0.4, 0.5) is 5.69 Å². The molecule has 0 atom stereocenters. The molecule has 0 spiro atoms. The van der Waals surface area contributed by atoms with E-state index in [1.165, 1.54) is 26.1 Å². The summed E-state index contributed by atoms with van der Waals surface area (Å²) in [5, 5.41) is 4.18. The topological polar surface area (TPSA) is 56.1 Å². The molecule has 0 aliphatic carbocycles. The van der Waals surface area contributed by atoms with Crippen molar-refractivity contribution in [2.45, 2.75) is 6.61 Å². The molecule has 7 heteroatoms. The minimum atomic E-state index is -0.0934. The zero-order valence-corrected chi connectivity index (χ0v) is 17.2. The predicted octanol–water partition coefficient (Wildman–Crippen LogP) is 5.68. The Morgan fingerprint density at radius 2 is 1.93 bits per heavy atom. The Morgan fingerprint density at radius 3 is 2.72 bits per heavy atom. The second-order valence-corrected chi connectivity index (χ2v) is 8.76. The molecule has 0 saturated heterocycles. The molecule has 3 aromatic heterocycles. The number of nitrogens with zero attached hydrogens (tertiary/aromatic N) is 2. The lowest BCUT2D eigenvalue weighted by Gasteiger charge is -2.08. The Kier molecular flexibility index (Phi) is 4.54. The van der Waals surface area contributed by atoms with Crippen LogP contribution in [0.5, 0.6) is 5.75 Å². The fourth-order valence-electron chi connectivity index (χ4n) is 3.12. The maximum absolute atomic E-state index is 12.7. The number of anilines is 1. The number of benzene rings is 2. The van der Waals surface area contributed by atoms with Gasteiger partial charge in [-0.15, -0.1) is 22.7 Å². The van der Waals surface area contributed by atoms with Crippen LogP contribution in [0.25, 0.3) is 19.5 Å². The molecule has 2 aromatic carbocycles. The molecular formula is C22H17N3O2S2. The van der Waals surface area contributed by atoms with Crippen LogP contribution in [0.15, 0.2) is 67.0 Å². The molecule has 144 valence electrons. The van der Waals surface area contributed by atoms with E-state index in [9.17, 15) is 4.79 Å². The Balaban J connectivity index is 1.28. The first kappa shape index (κ1) is 17.9. The van der Waals surface area contributed by atoms with Crippen molar-refractivity contribution in [3.63, 3.8) is 0 Å². The summed E-state index contributed by atoms with van der Waals surface area (Å²) >= 11 is 3.26. The zero-order chi connectivity index (χ0) is 19.8. The van der Waals surface area contributed by atoms with Crippen LogP contribution in [0.2, 0.25) is 0 Å². The highest BCUT2D eigenvalue weighted by molar-refractivity contribution is 7.33. The van der Waals surface area contributed by atoms with Crippen LogP contribution >= 0.6 is 22.7 Å². The highest BCUT2D eigenvalue weighted by Crippen LogP contribution is 2.39. The van der Waals surface area contributed by atoms with E-state index in [1.807, 2.05) is 60.3 Å². The largest absolute Gasteiger partial charge is 0.486 e. The van der Waals surface area contributed by atoms with E-state index < -0.39 is 0 Å². The summed E-state index contributed by atoms with van der Waals surface area (Å²) in [5.41, 5.74) is 0.737. The number of carbonyl (C=O) groups is 1. The van der Waals surface area contributed by atoms with E-state index in [2.05, 4.69) is 22.4 Å². The summed E-state index contributed by atoms with van der Waals surface area (Å²) in [6.45, 7) is 0.398. The molecule has 0 fully saturated rings. The zero-order valence-electron chi connectivity index (χ0n) is 15.6.